The zero-order chi connectivity index (χ0) is 17.9. The van der Waals surface area contributed by atoms with Gasteiger partial charge in [-0.25, -0.2) is 0 Å². The van der Waals surface area contributed by atoms with Gasteiger partial charge in [-0.3, -0.25) is 10.1 Å². The summed E-state index contributed by atoms with van der Waals surface area (Å²) in [7, 11) is 0. The standard InChI is InChI=1S/C21H25N5/c1-14-5-3-4-6-18(14)20-13-17(23-21-11-15(2)25-26-21)12-19(24-20)16-7-9-22-10-8-16/h3-6,11-13,16,22H,7-10H2,1-2H3,(H2,23,24,25,26). The number of anilines is 2. The van der Waals surface area contributed by atoms with Gasteiger partial charge < -0.3 is 10.6 Å². The second kappa shape index (κ2) is 7.30. The first-order chi connectivity index (χ1) is 12.7. The minimum absolute atomic E-state index is 0.502. The molecule has 134 valence electrons. The van der Waals surface area contributed by atoms with Crippen molar-refractivity contribution in [3.8, 4) is 11.3 Å². The lowest BCUT2D eigenvalue weighted by Gasteiger charge is -2.23. The van der Waals surface area contributed by atoms with Crippen molar-refractivity contribution >= 4 is 11.5 Å². The highest BCUT2D eigenvalue weighted by molar-refractivity contribution is 5.70. The molecule has 0 amide bonds. The second-order valence-electron chi connectivity index (χ2n) is 7.07. The summed E-state index contributed by atoms with van der Waals surface area (Å²) in [6.07, 6.45) is 2.26. The molecule has 1 aromatic carbocycles. The first-order valence-corrected chi connectivity index (χ1v) is 9.27. The molecule has 0 radical (unpaired) electrons. The highest BCUT2D eigenvalue weighted by Gasteiger charge is 2.19. The molecule has 1 saturated heterocycles. The number of nitrogens with zero attached hydrogens (tertiary/aromatic N) is 2. The number of aromatic nitrogens is 3. The fraction of sp³-hybridized carbons (Fsp3) is 0.333. The number of H-pyrrole nitrogens is 1. The Morgan fingerprint density at radius 1 is 1.04 bits per heavy atom. The van der Waals surface area contributed by atoms with Crippen LogP contribution in [0.25, 0.3) is 11.3 Å². The number of benzene rings is 1. The number of hydrogen-bond acceptors (Lipinski definition) is 4. The summed E-state index contributed by atoms with van der Waals surface area (Å²) in [6, 6.07) is 14.7. The Balaban J connectivity index is 1.74. The number of pyridine rings is 1. The molecular formula is C21H25N5. The van der Waals surface area contributed by atoms with Gasteiger partial charge in [0.2, 0.25) is 0 Å². The Hall–Kier alpha value is -2.66. The van der Waals surface area contributed by atoms with E-state index >= 15 is 0 Å². The first-order valence-electron chi connectivity index (χ1n) is 9.27. The van der Waals surface area contributed by atoms with Crippen LogP contribution in [0.15, 0.2) is 42.5 Å². The predicted octanol–water partition coefficient (Wildman–Crippen LogP) is 4.30. The van der Waals surface area contributed by atoms with Gasteiger partial charge in [0.15, 0.2) is 5.82 Å². The summed E-state index contributed by atoms with van der Waals surface area (Å²) in [5.41, 5.74) is 6.70. The summed E-state index contributed by atoms with van der Waals surface area (Å²) in [5.74, 6) is 1.34. The Morgan fingerprint density at radius 2 is 1.85 bits per heavy atom. The molecule has 0 aliphatic carbocycles. The van der Waals surface area contributed by atoms with E-state index in [-0.39, 0.29) is 0 Å². The largest absolute Gasteiger partial charge is 0.339 e. The second-order valence-corrected chi connectivity index (χ2v) is 7.07. The maximum atomic E-state index is 5.04. The minimum atomic E-state index is 0.502. The maximum absolute atomic E-state index is 5.04. The van der Waals surface area contributed by atoms with Crippen molar-refractivity contribution in [2.24, 2.45) is 0 Å². The van der Waals surface area contributed by atoms with Gasteiger partial charge in [0.05, 0.1) is 5.69 Å². The molecule has 0 unspecified atom stereocenters. The topological polar surface area (TPSA) is 65.6 Å². The molecule has 5 nitrogen and oxygen atoms in total. The third-order valence-corrected chi connectivity index (χ3v) is 5.00. The Bertz CT molecular complexity index is 893. The van der Waals surface area contributed by atoms with Gasteiger partial charge in [-0.05, 0) is 57.5 Å². The molecule has 0 bridgehead atoms. The predicted molar refractivity (Wildman–Crippen MR) is 106 cm³/mol. The molecule has 0 saturated carbocycles. The SMILES string of the molecule is Cc1cc(Nc2cc(-c3ccccc3C)nc(C3CCNCC3)c2)n[nH]1. The van der Waals surface area contributed by atoms with E-state index in [2.05, 4.69) is 64.2 Å². The molecule has 4 rings (SSSR count). The van der Waals surface area contributed by atoms with Crippen molar-refractivity contribution in [2.75, 3.05) is 18.4 Å². The molecule has 0 spiro atoms. The van der Waals surface area contributed by atoms with E-state index in [9.17, 15) is 0 Å². The fourth-order valence-corrected chi connectivity index (χ4v) is 3.58. The van der Waals surface area contributed by atoms with E-state index < -0.39 is 0 Å². The van der Waals surface area contributed by atoms with Crippen LogP contribution < -0.4 is 10.6 Å². The van der Waals surface area contributed by atoms with Crippen LogP contribution in [0, 0.1) is 13.8 Å². The van der Waals surface area contributed by atoms with E-state index in [1.54, 1.807) is 0 Å². The number of hydrogen-bond donors (Lipinski definition) is 3. The monoisotopic (exact) mass is 347 g/mol. The maximum Gasteiger partial charge on any atom is 0.152 e. The lowest BCUT2D eigenvalue weighted by atomic mass is 9.93. The van der Waals surface area contributed by atoms with Crippen molar-refractivity contribution < 1.29 is 0 Å². The molecule has 26 heavy (non-hydrogen) atoms. The van der Waals surface area contributed by atoms with Crippen molar-refractivity contribution in [1.82, 2.24) is 20.5 Å². The number of nitrogens with one attached hydrogen (secondary N) is 3. The van der Waals surface area contributed by atoms with E-state index in [1.807, 2.05) is 13.0 Å². The fourth-order valence-electron chi connectivity index (χ4n) is 3.58. The van der Waals surface area contributed by atoms with Crippen molar-refractivity contribution in [1.29, 1.82) is 0 Å². The highest BCUT2D eigenvalue weighted by Crippen LogP contribution is 2.31. The van der Waals surface area contributed by atoms with E-state index in [4.69, 9.17) is 4.98 Å². The van der Waals surface area contributed by atoms with Gasteiger partial charge in [-0.2, -0.15) is 5.10 Å². The quantitative estimate of drug-likeness (QED) is 0.658. The van der Waals surface area contributed by atoms with E-state index in [1.165, 1.54) is 16.8 Å². The summed E-state index contributed by atoms with van der Waals surface area (Å²) in [6.45, 7) is 6.26. The zero-order valence-corrected chi connectivity index (χ0v) is 15.3. The van der Waals surface area contributed by atoms with Crippen molar-refractivity contribution in [2.45, 2.75) is 32.6 Å². The molecule has 1 aliphatic rings. The molecule has 5 heteroatoms. The molecule has 3 heterocycles. The van der Waals surface area contributed by atoms with Crippen molar-refractivity contribution in [3.63, 3.8) is 0 Å². The molecule has 3 N–H and O–H groups in total. The molecular weight excluding hydrogens is 322 g/mol. The van der Waals surface area contributed by atoms with Gasteiger partial charge in [0.25, 0.3) is 0 Å². The molecule has 2 aromatic heterocycles. The van der Waals surface area contributed by atoms with Crippen LogP contribution in [0.3, 0.4) is 0 Å². The van der Waals surface area contributed by atoms with Gasteiger partial charge >= 0.3 is 0 Å². The van der Waals surface area contributed by atoms with Crippen LogP contribution in [0.1, 0.15) is 35.7 Å². The smallest absolute Gasteiger partial charge is 0.152 e. The van der Waals surface area contributed by atoms with Crippen LogP contribution >= 0.6 is 0 Å². The van der Waals surface area contributed by atoms with Crippen LogP contribution in [0.5, 0.6) is 0 Å². The lowest BCUT2D eigenvalue weighted by Crippen LogP contribution is -2.27. The summed E-state index contributed by atoms with van der Waals surface area (Å²) in [4.78, 5) is 5.04. The van der Waals surface area contributed by atoms with Gasteiger partial charge in [-0.15, -0.1) is 0 Å². The van der Waals surface area contributed by atoms with Crippen LogP contribution in [0.2, 0.25) is 0 Å². The van der Waals surface area contributed by atoms with Gasteiger partial charge in [0, 0.05) is 34.6 Å². The number of piperidine rings is 1. The zero-order valence-electron chi connectivity index (χ0n) is 15.3. The molecule has 1 aliphatic heterocycles. The normalized spacial score (nSPS) is 15.2. The summed E-state index contributed by atoms with van der Waals surface area (Å²) in [5, 5.41) is 14.2. The minimum Gasteiger partial charge on any atom is -0.339 e. The Kier molecular flexibility index (Phi) is 4.71. The Morgan fingerprint density at radius 3 is 2.58 bits per heavy atom. The molecule has 1 fully saturated rings. The third-order valence-electron chi connectivity index (χ3n) is 5.00. The van der Waals surface area contributed by atoms with Crippen LogP contribution in [0.4, 0.5) is 11.5 Å². The number of aromatic amines is 1. The van der Waals surface area contributed by atoms with Crippen LogP contribution in [-0.4, -0.2) is 28.3 Å². The lowest BCUT2D eigenvalue weighted by molar-refractivity contribution is 0.453. The molecule has 0 atom stereocenters. The molecule has 3 aromatic rings. The van der Waals surface area contributed by atoms with Gasteiger partial charge in [0.1, 0.15) is 0 Å². The van der Waals surface area contributed by atoms with Crippen molar-refractivity contribution in [3.05, 3.63) is 59.4 Å². The highest BCUT2D eigenvalue weighted by atomic mass is 15.2. The summed E-state index contributed by atoms with van der Waals surface area (Å²) < 4.78 is 0. The van der Waals surface area contributed by atoms with Gasteiger partial charge in [-0.1, -0.05) is 24.3 Å². The van der Waals surface area contributed by atoms with E-state index in [0.717, 1.165) is 48.8 Å². The summed E-state index contributed by atoms with van der Waals surface area (Å²) >= 11 is 0. The number of aryl methyl sites for hydroxylation is 2. The van der Waals surface area contributed by atoms with Crippen LogP contribution in [-0.2, 0) is 0 Å². The third kappa shape index (κ3) is 3.63. The Labute approximate surface area is 154 Å². The average molecular weight is 347 g/mol. The van der Waals surface area contributed by atoms with E-state index in [0.29, 0.717) is 5.92 Å². The first kappa shape index (κ1) is 16.8. The average Bonchev–Trinajstić information content (AvgIpc) is 3.07. The number of rotatable bonds is 4.